The molecule has 0 saturated heterocycles. The molecule has 0 spiro atoms. The molecule has 0 aliphatic heterocycles. The number of hydrogen-bond acceptors (Lipinski definition) is 12. The van der Waals surface area contributed by atoms with E-state index in [0.29, 0.717) is 83.3 Å². The highest BCUT2D eigenvalue weighted by Crippen LogP contribution is 2.20. The Hall–Kier alpha value is -3.00. The fourth-order valence-electron chi connectivity index (χ4n) is 4.82. The first kappa shape index (κ1) is 34.5. The molecule has 12 heteroatoms. The highest BCUT2D eigenvalue weighted by atomic mass is 16.5. The molecule has 0 amide bonds. The average molecular weight is 603 g/mol. The number of rotatable bonds is 21. The number of aliphatic hydroxyl groups is 1. The van der Waals surface area contributed by atoms with E-state index in [-0.39, 0.29) is 12.3 Å². The minimum atomic E-state index is -0.483. The number of nitrogens with zero attached hydrogens (tertiary/aromatic N) is 4. The summed E-state index contributed by atoms with van der Waals surface area (Å²) in [6.45, 7) is 6.02. The number of hydrogen-bond donors (Lipinski definition) is 1. The third-order valence-corrected chi connectivity index (χ3v) is 7.13. The third-order valence-electron chi connectivity index (χ3n) is 7.13. The predicted molar refractivity (Wildman–Crippen MR) is 159 cm³/mol. The smallest absolute Gasteiger partial charge is 0.356 e. The number of carbonyl (C=O) groups excluding carboxylic acids is 2. The van der Waals surface area contributed by atoms with Crippen LogP contribution in [0.5, 0.6) is 0 Å². The van der Waals surface area contributed by atoms with Gasteiger partial charge in [0.2, 0.25) is 0 Å². The zero-order chi connectivity index (χ0) is 30.7. The summed E-state index contributed by atoms with van der Waals surface area (Å²) in [5.41, 5.74) is 2.04. The SMILES string of the molecule is COC(=O)c1cccc(CN(CCO)CCOCCOCCN(CCOC2CCCC2)Cc2cccc(C(=O)OC)n2)n1. The first-order valence-corrected chi connectivity index (χ1v) is 14.9. The molecule has 3 rings (SSSR count). The van der Waals surface area contributed by atoms with Crippen molar-refractivity contribution in [3.05, 3.63) is 59.2 Å². The van der Waals surface area contributed by atoms with Crippen LogP contribution < -0.4 is 0 Å². The van der Waals surface area contributed by atoms with Gasteiger partial charge in [-0.15, -0.1) is 0 Å². The second kappa shape index (κ2) is 20.0. The van der Waals surface area contributed by atoms with Crippen molar-refractivity contribution >= 4 is 11.9 Å². The van der Waals surface area contributed by atoms with Crippen LogP contribution in [0.15, 0.2) is 36.4 Å². The molecule has 0 radical (unpaired) electrons. The molecule has 12 nitrogen and oxygen atoms in total. The van der Waals surface area contributed by atoms with Crippen molar-refractivity contribution < 1.29 is 38.4 Å². The largest absolute Gasteiger partial charge is 0.464 e. The summed E-state index contributed by atoms with van der Waals surface area (Å²) in [5, 5.41) is 9.46. The zero-order valence-corrected chi connectivity index (χ0v) is 25.4. The molecule has 0 unspecified atom stereocenters. The lowest BCUT2D eigenvalue weighted by molar-refractivity contribution is 0.0161. The minimum Gasteiger partial charge on any atom is -0.464 e. The number of aromatic nitrogens is 2. The van der Waals surface area contributed by atoms with Gasteiger partial charge < -0.3 is 28.8 Å². The van der Waals surface area contributed by atoms with Gasteiger partial charge in [-0.25, -0.2) is 19.6 Å². The van der Waals surface area contributed by atoms with Gasteiger partial charge in [-0.05, 0) is 37.1 Å². The van der Waals surface area contributed by atoms with E-state index in [1.165, 1.54) is 27.1 Å². The number of pyridine rings is 2. The van der Waals surface area contributed by atoms with Crippen molar-refractivity contribution in [2.45, 2.75) is 44.9 Å². The molecule has 238 valence electrons. The second-order valence-electron chi connectivity index (χ2n) is 10.3. The van der Waals surface area contributed by atoms with Crippen molar-refractivity contribution in [1.82, 2.24) is 19.8 Å². The first-order valence-electron chi connectivity index (χ1n) is 14.9. The Balaban J connectivity index is 1.37. The van der Waals surface area contributed by atoms with Crippen molar-refractivity contribution in [2.24, 2.45) is 0 Å². The van der Waals surface area contributed by atoms with E-state index in [0.717, 1.165) is 25.1 Å². The molecule has 43 heavy (non-hydrogen) atoms. The molecule has 0 bridgehead atoms. The van der Waals surface area contributed by atoms with Gasteiger partial charge in [0.25, 0.3) is 0 Å². The Morgan fingerprint density at radius 1 is 0.744 bits per heavy atom. The van der Waals surface area contributed by atoms with Gasteiger partial charge in [-0.3, -0.25) is 9.80 Å². The van der Waals surface area contributed by atoms with Crippen LogP contribution >= 0.6 is 0 Å². The quantitative estimate of drug-likeness (QED) is 0.166. The molecule has 1 aliphatic carbocycles. The van der Waals surface area contributed by atoms with Crippen molar-refractivity contribution in [1.29, 1.82) is 0 Å². The lowest BCUT2D eigenvalue weighted by Crippen LogP contribution is -2.32. The standard InChI is InChI=1S/C31H46N4O8/c1-39-30(37)28-11-5-7-25(32-28)23-34(13-17-36)14-18-41-21-22-42-19-15-35(16-20-43-27-9-3-4-10-27)24-26-8-6-12-29(33-26)31(38)40-2/h5-8,11-12,27,36H,3-4,9-10,13-24H2,1-2H3. The maximum Gasteiger partial charge on any atom is 0.356 e. The number of carbonyl (C=O) groups is 2. The van der Waals surface area contributed by atoms with E-state index in [2.05, 4.69) is 14.9 Å². The number of aliphatic hydroxyl groups excluding tert-OH is 1. The Morgan fingerprint density at radius 2 is 1.23 bits per heavy atom. The third kappa shape index (κ3) is 13.0. The first-order chi connectivity index (χ1) is 21.0. The van der Waals surface area contributed by atoms with E-state index in [1.54, 1.807) is 18.2 Å². The van der Waals surface area contributed by atoms with Crippen LogP contribution in [0.2, 0.25) is 0 Å². The summed E-state index contributed by atoms with van der Waals surface area (Å²) in [6.07, 6.45) is 5.07. The lowest BCUT2D eigenvalue weighted by atomic mass is 10.2. The fraction of sp³-hybridized carbons (Fsp3) is 0.613. The molecule has 1 saturated carbocycles. The van der Waals surface area contributed by atoms with Crippen LogP contribution in [0.1, 0.15) is 58.0 Å². The van der Waals surface area contributed by atoms with Gasteiger partial charge in [0, 0.05) is 39.3 Å². The van der Waals surface area contributed by atoms with Crippen LogP contribution in [0, 0.1) is 0 Å². The van der Waals surface area contributed by atoms with Crippen molar-refractivity contribution in [3.63, 3.8) is 0 Å². The van der Waals surface area contributed by atoms with Gasteiger partial charge in [-0.2, -0.15) is 0 Å². The molecule has 0 atom stereocenters. The average Bonchev–Trinajstić information content (AvgIpc) is 3.55. The highest BCUT2D eigenvalue weighted by molar-refractivity contribution is 5.87. The summed E-state index contributed by atoms with van der Waals surface area (Å²) >= 11 is 0. The van der Waals surface area contributed by atoms with Crippen LogP contribution in [0.4, 0.5) is 0 Å². The van der Waals surface area contributed by atoms with E-state index in [4.69, 9.17) is 23.7 Å². The van der Waals surface area contributed by atoms with Crippen LogP contribution in [-0.4, -0.2) is 123 Å². The number of ether oxygens (including phenoxy) is 5. The lowest BCUT2D eigenvalue weighted by Gasteiger charge is -2.23. The molecule has 0 aromatic carbocycles. The second-order valence-corrected chi connectivity index (χ2v) is 10.3. The monoisotopic (exact) mass is 602 g/mol. The predicted octanol–water partition coefficient (Wildman–Crippen LogP) is 2.34. The molecule has 1 aliphatic rings. The van der Waals surface area contributed by atoms with Crippen molar-refractivity contribution in [2.75, 3.05) is 80.0 Å². The molecule has 1 N–H and O–H groups in total. The molecule has 2 heterocycles. The van der Waals surface area contributed by atoms with Gasteiger partial charge in [0.1, 0.15) is 11.4 Å². The Kier molecular flexibility index (Phi) is 16.1. The van der Waals surface area contributed by atoms with E-state index in [1.807, 2.05) is 23.1 Å². The van der Waals surface area contributed by atoms with E-state index >= 15 is 0 Å². The van der Waals surface area contributed by atoms with Gasteiger partial charge >= 0.3 is 11.9 Å². The van der Waals surface area contributed by atoms with E-state index in [9.17, 15) is 14.7 Å². The highest BCUT2D eigenvalue weighted by Gasteiger charge is 2.17. The summed E-state index contributed by atoms with van der Waals surface area (Å²) < 4.78 is 27.2. The number of esters is 2. The van der Waals surface area contributed by atoms with Crippen molar-refractivity contribution in [3.8, 4) is 0 Å². The minimum absolute atomic E-state index is 0.00447. The Morgan fingerprint density at radius 3 is 1.72 bits per heavy atom. The Labute approximate surface area is 254 Å². The molecule has 2 aromatic heterocycles. The fourth-order valence-corrected chi connectivity index (χ4v) is 4.82. The van der Waals surface area contributed by atoms with E-state index < -0.39 is 11.9 Å². The molecule has 1 fully saturated rings. The molecule has 2 aromatic rings. The maximum atomic E-state index is 11.9. The van der Waals surface area contributed by atoms with Crippen LogP contribution in [0.3, 0.4) is 0 Å². The summed E-state index contributed by atoms with van der Waals surface area (Å²) in [4.78, 5) is 36.7. The topological polar surface area (TPSA) is 133 Å². The van der Waals surface area contributed by atoms with Crippen LogP contribution in [-0.2, 0) is 36.8 Å². The summed E-state index contributed by atoms with van der Waals surface area (Å²) in [5.74, 6) is -0.936. The van der Waals surface area contributed by atoms with Crippen LogP contribution in [0.25, 0.3) is 0 Å². The zero-order valence-electron chi connectivity index (χ0n) is 25.4. The number of methoxy groups -OCH3 is 2. The Bertz CT molecular complexity index is 1100. The van der Waals surface area contributed by atoms with Gasteiger partial charge in [0.05, 0.1) is 71.4 Å². The van der Waals surface area contributed by atoms with Gasteiger partial charge in [0.15, 0.2) is 0 Å². The molecular weight excluding hydrogens is 556 g/mol. The van der Waals surface area contributed by atoms with Gasteiger partial charge in [-0.1, -0.05) is 25.0 Å². The summed E-state index contributed by atoms with van der Waals surface area (Å²) in [7, 11) is 2.67. The summed E-state index contributed by atoms with van der Waals surface area (Å²) in [6, 6.07) is 10.6. The molecular formula is C31H46N4O8. The normalized spacial score (nSPS) is 13.6. The maximum absolute atomic E-state index is 11.9.